The van der Waals surface area contributed by atoms with Crippen LogP contribution in [0.5, 0.6) is 0 Å². The Morgan fingerprint density at radius 2 is 2.28 bits per heavy atom. The molecule has 0 aromatic rings. The number of ether oxygens (including phenoxy) is 1. The number of likely N-dealkylation sites (tertiary alicyclic amines) is 1. The van der Waals surface area contributed by atoms with Gasteiger partial charge in [0.25, 0.3) is 0 Å². The highest BCUT2D eigenvalue weighted by molar-refractivity contribution is 5.85. The third kappa shape index (κ3) is 2.26. The van der Waals surface area contributed by atoms with Gasteiger partial charge in [-0.3, -0.25) is 4.79 Å². The average Bonchev–Trinajstić information content (AvgIpc) is 3.02. The fraction of sp³-hybridized carbons (Fsp3) is 0.923. The molecule has 4 atom stereocenters. The lowest BCUT2D eigenvalue weighted by Crippen LogP contribution is -2.40. The molecule has 0 spiro atoms. The molecule has 2 bridgehead atoms. The van der Waals surface area contributed by atoms with Crippen LogP contribution >= 0.6 is 12.4 Å². The summed E-state index contributed by atoms with van der Waals surface area (Å²) in [6.07, 6.45) is 4.77. The van der Waals surface area contributed by atoms with Gasteiger partial charge in [-0.15, -0.1) is 12.4 Å². The highest BCUT2D eigenvalue weighted by atomic mass is 35.5. The number of carbonyl (C=O) groups excluding carboxylic acids is 1. The fourth-order valence-electron chi connectivity index (χ4n) is 3.51. The lowest BCUT2D eigenvalue weighted by molar-refractivity contribution is -0.136. The van der Waals surface area contributed by atoms with Crippen LogP contribution in [0.2, 0.25) is 0 Å². The molecular formula is C13H23ClN2O2. The van der Waals surface area contributed by atoms with Crippen LogP contribution in [0.15, 0.2) is 0 Å². The second kappa shape index (κ2) is 4.99. The summed E-state index contributed by atoms with van der Waals surface area (Å²) >= 11 is 0. The van der Waals surface area contributed by atoms with Gasteiger partial charge in [0, 0.05) is 13.1 Å². The van der Waals surface area contributed by atoms with Gasteiger partial charge in [-0.25, -0.2) is 0 Å². The topological polar surface area (TPSA) is 55.6 Å². The molecule has 3 fully saturated rings. The summed E-state index contributed by atoms with van der Waals surface area (Å²) in [6, 6.07) is 0. The maximum atomic E-state index is 12.4. The van der Waals surface area contributed by atoms with E-state index in [1.165, 1.54) is 0 Å². The van der Waals surface area contributed by atoms with Gasteiger partial charge < -0.3 is 15.4 Å². The van der Waals surface area contributed by atoms with E-state index in [0.29, 0.717) is 18.6 Å². The molecule has 104 valence electrons. The van der Waals surface area contributed by atoms with Gasteiger partial charge >= 0.3 is 0 Å². The first-order valence-electron chi connectivity index (χ1n) is 6.76. The van der Waals surface area contributed by atoms with Gasteiger partial charge in [0.05, 0.1) is 18.1 Å². The van der Waals surface area contributed by atoms with Crippen LogP contribution in [0.1, 0.15) is 32.6 Å². The van der Waals surface area contributed by atoms with Crippen LogP contribution in [0.25, 0.3) is 0 Å². The zero-order chi connectivity index (χ0) is 12.0. The zero-order valence-corrected chi connectivity index (χ0v) is 11.7. The Balaban J connectivity index is 0.00000120. The van der Waals surface area contributed by atoms with Gasteiger partial charge in [0.1, 0.15) is 0 Å². The maximum Gasteiger partial charge on any atom is 0.228 e. The van der Waals surface area contributed by atoms with E-state index >= 15 is 0 Å². The van der Waals surface area contributed by atoms with Gasteiger partial charge in [0.2, 0.25) is 5.91 Å². The summed E-state index contributed by atoms with van der Waals surface area (Å²) in [4.78, 5) is 14.5. The van der Waals surface area contributed by atoms with Crippen LogP contribution in [0.4, 0.5) is 0 Å². The molecule has 0 aromatic carbocycles. The van der Waals surface area contributed by atoms with E-state index in [-0.39, 0.29) is 29.8 Å². The zero-order valence-electron chi connectivity index (χ0n) is 10.9. The van der Waals surface area contributed by atoms with E-state index in [2.05, 4.69) is 6.92 Å². The molecule has 4 nitrogen and oxygen atoms in total. The van der Waals surface area contributed by atoms with Crippen LogP contribution in [0, 0.1) is 11.3 Å². The molecule has 3 aliphatic rings. The summed E-state index contributed by atoms with van der Waals surface area (Å²) in [5.74, 6) is 0.447. The molecule has 18 heavy (non-hydrogen) atoms. The maximum absolute atomic E-state index is 12.4. The molecule has 2 N–H and O–H groups in total. The van der Waals surface area contributed by atoms with Gasteiger partial charge in [-0.1, -0.05) is 6.92 Å². The lowest BCUT2D eigenvalue weighted by Gasteiger charge is -2.26. The Morgan fingerprint density at radius 3 is 2.78 bits per heavy atom. The quantitative estimate of drug-likeness (QED) is 0.823. The van der Waals surface area contributed by atoms with Crippen molar-refractivity contribution in [1.82, 2.24) is 4.90 Å². The molecule has 0 aliphatic carbocycles. The summed E-state index contributed by atoms with van der Waals surface area (Å²) < 4.78 is 5.77. The lowest BCUT2D eigenvalue weighted by atomic mass is 9.88. The van der Waals surface area contributed by atoms with Crippen molar-refractivity contribution < 1.29 is 9.53 Å². The van der Waals surface area contributed by atoms with E-state index in [9.17, 15) is 4.79 Å². The number of hydrogen-bond donors (Lipinski definition) is 1. The predicted octanol–water partition coefficient (Wildman–Crippen LogP) is 1.17. The van der Waals surface area contributed by atoms with Crippen LogP contribution in [-0.2, 0) is 9.53 Å². The molecule has 3 rings (SSSR count). The molecule has 0 aromatic heterocycles. The number of nitrogens with zero attached hydrogens (tertiary/aromatic N) is 1. The molecule has 4 unspecified atom stereocenters. The number of amides is 1. The van der Waals surface area contributed by atoms with Crippen LogP contribution in [0.3, 0.4) is 0 Å². The second-order valence-corrected chi connectivity index (χ2v) is 6.24. The van der Waals surface area contributed by atoms with Gasteiger partial charge in [-0.05, 0) is 37.6 Å². The fourth-order valence-corrected chi connectivity index (χ4v) is 3.51. The third-order valence-electron chi connectivity index (χ3n) is 4.79. The summed E-state index contributed by atoms with van der Waals surface area (Å²) in [5, 5.41) is 0. The average molecular weight is 275 g/mol. The largest absolute Gasteiger partial charge is 0.374 e. The summed E-state index contributed by atoms with van der Waals surface area (Å²) in [7, 11) is 0. The number of halogens is 1. The summed E-state index contributed by atoms with van der Waals surface area (Å²) in [5.41, 5.74) is 5.91. The number of nitrogens with two attached hydrogens (primary N) is 1. The first-order chi connectivity index (χ1) is 8.11. The standard InChI is InChI=1S/C13H22N2O2.ClH/c1-13(7-14)4-5-15(8-13)12(16)10-6-9-2-3-11(10)17-9;/h9-11H,2-8,14H2,1H3;1H. The summed E-state index contributed by atoms with van der Waals surface area (Å²) in [6.45, 7) is 4.55. The highest BCUT2D eigenvalue weighted by Gasteiger charge is 2.47. The molecule has 5 heteroatoms. The minimum Gasteiger partial charge on any atom is -0.374 e. The number of carbonyl (C=O) groups is 1. The molecule has 1 amide bonds. The second-order valence-electron chi connectivity index (χ2n) is 6.24. The molecule has 0 saturated carbocycles. The smallest absolute Gasteiger partial charge is 0.228 e. The molecular weight excluding hydrogens is 252 g/mol. The number of hydrogen-bond acceptors (Lipinski definition) is 3. The predicted molar refractivity (Wildman–Crippen MR) is 71.6 cm³/mol. The third-order valence-corrected chi connectivity index (χ3v) is 4.79. The Kier molecular flexibility index (Phi) is 3.90. The van der Waals surface area contributed by atoms with Crippen molar-refractivity contribution in [3.8, 4) is 0 Å². The highest BCUT2D eigenvalue weighted by Crippen LogP contribution is 2.41. The van der Waals surface area contributed by atoms with E-state index in [1.54, 1.807) is 0 Å². The minimum atomic E-state index is 0. The van der Waals surface area contributed by atoms with Crippen molar-refractivity contribution in [2.75, 3.05) is 19.6 Å². The van der Waals surface area contributed by atoms with Crippen molar-refractivity contribution in [2.45, 2.75) is 44.8 Å². The monoisotopic (exact) mass is 274 g/mol. The van der Waals surface area contributed by atoms with E-state index in [0.717, 1.165) is 38.8 Å². The van der Waals surface area contributed by atoms with Crippen molar-refractivity contribution in [3.05, 3.63) is 0 Å². The van der Waals surface area contributed by atoms with E-state index < -0.39 is 0 Å². The van der Waals surface area contributed by atoms with Gasteiger partial charge in [-0.2, -0.15) is 0 Å². The molecule has 3 saturated heterocycles. The molecule has 3 heterocycles. The SMILES string of the molecule is CC1(CN)CCN(C(=O)C2CC3CCC2O3)C1.Cl. The molecule has 3 aliphatic heterocycles. The van der Waals surface area contributed by atoms with Gasteiger partial charge in [0.15, 0.2) is 0 Å². The first kappa shape index (κ1) is 14.1. The Morgan fingerprint density at radius 1 is 1.50 bits per heavy atom. The number of fused-ring (bicyclic) bond motifs is 2. The Hall–Kier alpha value is -0.320. The molecule has 0 radical (unpaired) electrons. The first-order valence-corrected chi connectivity index (χ1v) is 6.76. The van der Waals surface area contributed by atoms with Crippen LogP contribution in [-0.4, -0.2) is 42.6 Å². The Bertz CT molecular complexity index is 339. The van der Waals surface area contributed by atoms with Crippen molar-refractivity contribution >= 4 is 18.3 Å². The number of rotatable bonds is 2. The van der Waals surface area contributed by atoms with Crippen molar-refractivity contribution in [3.63, 3.8) is 0 Å². The van der Waals surface area contributed by atoms with E-state index in [1.807, 2.05) is 4.90 Å². The van der Waals surface area contributed by atoms with Crippen molar-refractivity contribution in [2.24, 2.45) is 17.1 Å². The van der Waals surface area contributed by atoms with Crippen molar-refractivity contribution in [1.29, 1.82) is 0 Å². The Labute approximate surface area is 115 Å². The normalized spacial score (nSPS) is 42.1. The minimum absolute atomic E-state index is 0. The van der Waals surface area contributed by atoms with E-state index in [4.69, 9.17) is 10.5 Å². The van der Waals surface area contributed by atoms with Crippen LogP contribution < -0.4 is 5.73 Å².